The molecular formula is C17H25BrFNO. The zero-order chi connectivity index (χ0) is 15.6. The molecule has 2 nitrogen and oxygen atoms in total. The zero-order valence-electron chi connectivity index (χ0n) is 13.1. The Bertz CT molecular complexity index is 484. The number of likely N-dealkylation sites (N-methyl/N-ethyl adjacent to an activating group) is 1. The molecule has 4 heteroatoms. The Kier molecular flexibility index (Phi) is 5.44. The van der Waals surface area contributed by atoms with Crippen LogP contribution >= 0.6 is 15.9 Å². The molecule has 0 spiro atoms. The number of nitrogens with zero attached hydrogens (tertiary/aromatic N) is 1. The molecule has 118 valence electrons. The average Bonchev–Trinajstić information content (AvgIpc) is 2.43. The van der Waals surface area contributed by atoms with Gasteiger partial charge in [0.25, 0.3) is 0 Å². The summed E-state index contributed by atoms with van der Waals surface area (Å²) in [5.41, 5.74) is 0.639. The largest absolute Gasteiger partial charge is 0.391 e. The summed E-state index contributed by atoms with van der Waals surface area (Å²) < 4.78 is 14.3. The van der Waals surface area contributed by atoms with Crippen LogP contribution in [-0.2, 0) is 6.42 Å². The van der Waals surface area contributed by atoms with Crippen molar-refractivity contribution in [1.29, 1.82) is 0 Å². The SMILES string of the molecule is CC1CCC(C(O)Cc2cc(F)ccc2Br)(N(C)C)CC1. The van der Waals surface area contributed by atoms with Gasteiger partial charge in [-0.15, -0.1) is 0 Å². The molecule has 1 N–H and O–H groups in total. The molecule has 0 heterocycles. The van der Waals surface area contributed by atoms with Crippen molar-refractivity contribution in [2.75, 3.05) is 14.1 Å². The van der Waals surface area contributed by atoms with Crippen molar-refractivity contribution in [2.24, 2.45) is 5.92 Å². The molecule has 0 radical (unpaired) electrons. The average molecular weight is 358 g/mol. The van der Waals surface area contributed by atoms with Crippen LogP contribution in [0.1, 0.15) is 38.2 Å². The summed E-state index contributed by atoms with van der Waals surface area (Å²) in [7, 11) is 4.08. The molecule has 0 bridgehead atoms. The topological polar surface area (TPSA) is 23.5 Å². The minimum absolute atomic E-state index is 0.196. The maximum Gasteiger partial charge on any atom is 0.123 e. The van der Waals surface area contributed by atoms with E-state index in [4.69, 9.17) is 0 Å². The second-order valence-corrected chi connectivity index (χ2v) is 7.49. The smallest absolute Gasteiger partial charge is 0.123 e. The Labute approximate surface area is 135 Å². The predicted molar refractivity (Wildman–Crippen MR) is 87.9 cm³/mol. The van der Waals surface area contributed by atoms with Crippen LogP contribution in [0.2, 0.25) is 0 Å². The Morgan fingerprint density at radius 3 is 2.57 bits per heavy atom. The van der Waals surface area contributed by atoms with Gasteiger partial charge in [0.05, 0.1) is 6.10 Å². The number of rotatable bonds is 4. The monoisotopic (exact) mass is 357 g/mol. The summed E-state index contributed by atoms with van der Waals surface area (Å²) in [4.78, 5) is 2.16. The molecule has 0 aromatic heterocycles. The van der Waals surface area contributed by atoms with Crippen molar-refractivity contribution in [2.45, 2.75) is 50.7 Å². The van der Waals surface area contributed by atoms with Gasteiger partial charge < -0.3 is 10.0 Å². The van der Waals surface area contributed by atoms with Gasteiger partial charge in [-0.1, -0.05) is 22.9 Å². The number of benzene rings is 1. The lowest BCUT2D eigenvalue weighted by molar-refractivity contribution is -0.0383. The van der Waals surface area contributed by atoms with Crippen LogP contribution in [0.25, 0.3) is 0 Å². The second kappa shape index (κ2) is 6.76. The van der Waals surface area contributed by atoms with Crippen LogP contribution < -0.4 is 0 Å². The van der Waals surface area contributed by atoms with E-state index < -0.39 is 6.10 Å². The highest BCUT2D eigenvalue weighted by molar-refractivity contribution is 9.10. The van der Waals surface area contributed by atoms with E-state index in [1.807, 2.05) is 14.1 Å². The first kappa shape index (κ1) is 16.9. The Morgan fingerprint density at radius 2 is 2.00 bits per heavy atom. The van der Waals surface area contributed by atoms with Crippen LogP contribution in [0, 0.1) is 11.7 Å². The molecule has 1 saturated carbocycles. The number of halogens is 2. The molecule has 0 amide bonds. The van der Waals surface area contributed by atoms with Crippen LogP contribution in [0.4, 0.5) is 4.39 Å². The molecule has 1 aromatic rings. The third kappa shape index (κ3) is 3.66. The third-order valence-electron chi connectivity index (χ3n) is 5.07. The summed E-state index contributed by atoms with van der Waals surface area (Å²) in [6.45, 7) is 2.27. The summed E-state index contributed by atoms with van der Waals surface area (Å²) in [5.74, 6) is 0.475. The fraction of sp³-hybridized carbons (Fsp3) is 0.647. The van der Waals surface area contributed by atoms with Crippen LogP contribution in [0.15, 0.2) is 22.7 Å². The Hall–Kier alpha value is -0.450. The van der Waals surface area contributed by atoms with E-state index in [0.29, 0.717) is 6.42 Å². The lowest BCUT2D eigenvalue weighted by Crippen LogP contribution is -2.56. The molecule has 1 unspecified atom stereocenters. The van der Waals surface area contributed by atoms with E-state index in [1.54, 1.807) is 6.07 Å². The van der Waals surface area contributed by atoms with Gasteiger partial charge in [0, 0.05) is 16.4 Å². The molecule has 21 heavy (non-hydrogen) atoms. The van der Waals surface area contributed by atoms with Gasteiger partial charge in [-0.05, 0) is 69.5 Å². The molecule has 1 aromatic carbocycles. The second-order valence-electron chi connectivity index (χ2n) is 6.64. The zero-order valence-corrected chi connectivity index (χ0v) is 14.7. The maximum absolute atomic E-state index is 13.4. The van der Waals surface area contributed by atoms with Crippen molar-refractivity contribution < 1.29 is 9.50 Å². The van der Waals surface area contributed by atoms with Crippen molar-refractivity contribution in [3.63, 3.8) is 0 Å². The molecule has 2 rings (SSSR count). The van der Waals surface area contributed by atoms with Crippen LogP contribution in [0.5, 0.6) is 0 Å². The van der Waals surface area contributed by atoms with E-state index >= 15 is 0 Å². The van der Waals surface area contributed by atoms with Crippen molar-refractivity contribution in [1.82, 2.24) is 4.90 Å². The van der Waals surface area contributed by atoms with Gasteiger partial charge in [-0.3, -0.25) is 0 Å². The van der Waals surface area contributed by atoms with Gasteiger partial charge in [-0.2, -0.15) is 0 Å². The fourth-order valence-electron chi connectivity index (χ4n) is 3.44. The minimum Gasteiger partial charge on any atom is -0.391 e. The van der Waals surface area contributed by atoms with Crippen LogP contribution in [0.3, 0.4) is 0 Å². The van der Waals surface area contributed by atoms with E-state index in [1.165, 1.54) is 12.1 Å². The first-order valence-electron chi connectivity index (χ1n) is 7.64. The van der Waals surface area contributed by atoms with Crippen molar-refractivity contribution in [3.05, 3.63) is 34.1 Å². The molecule has 1 aliphatic carbocycles. The highest BCUT2D eigenvalue weighted by atomic mass is 79.9. The van der Waals surface area contributed by atoms with Gasteiger partial charge in [-0.25, -0.2) is 4.39 Å². The number of aliphatic hydroxyl groups is 1. The summed E-state index contributed by atoms with van der Waals surface area (Å²) in [5, 5.41) is 10.9. The van der Waals surface area contributed by atoms with E-state index in [-0.39, 0.29) is 11.4 Å². The fourth-order valence-corrected chi connectivity index (χ4v) is 3.85. The molecule has 1 fully saturated rings. The third-order valence-corrected chi connectivity index (χ3v) is 5.85. The predicted octanol–water partition coefficient (Wildman–Crippen LogP) is 4.00. The van der Waals surface area contributed by atoms with Crippen molar-refractivity contribution >= 4 is 15.9 Å². The van der Waals surface area contributed by atoms with E-state index in [0.717, 1.165) is 41.6 Å². The molecule has 0 saturated heterocycles. The normalized spacial score (nSPS) is 27.9. The number of aliphatic hydroxyl groups excluding tert-OH is 1. The highest BCUT2D eigenvalue weighted by Gasteiger charge is 2.42. The van der Waals surface area contributed by atoms with Gasteiger partial charge >= 0.3 is 0 Å². The van der Waals surface area contributed by atoms with Crippen molar-refractivity contribution in [3.8, 4) is 0 Å². The highest BCUT2D eigenvalue weighted by Crippen LogP contribution is 2.39. The van der Waals surface area contributed by atoms with Crippen LogP contribution in [-0.4, -0.2) is 35.7 Å². The van der Waals surface area contributed by atoms with Gasteiger partial charge in [0.2, 0.25) is 0 Å². The molecule has 1 atom stereocenters. The summed E-state index contributed by atoms with van der Waals surface area (Å²) in [6, 6.07) is 4.66. The standard InChI is InChI=1S/C17H25BrFNO/c1-12-6-8-17(9-7-12,20(2)3)16(21)11-13-10-14(19)4-5-15(13)18/h4-5,10,12,16,21H,6-9,11H2,1-3H3. The van der Waals surface area contributed by atoms with E-state index in [2.05, 4.69) is 27.8 Å². The van der Waals surface area contributed by atoms with E-state index in [9.17, 15) is 9.50 Å². The van der Waals surface area contributed by atoms with Gasteiger partial charge in [0.15, 0.2) is 0 Å². The summed E-state index contributed by atoms with van der Waals surface area (Å²) >= 11 is 3.46. The molecule has 0 aliphatic heterocycles. The molecular weight excluding hydrogens is 333 g/mol. The number of hydrogen-bond donors (Lipinski definition) is 1. The first-order chi connectivity index (χ1) is 9.85. The summed E-state index contributed by atoms with van der Waals surface area (Å²) in [6.07, 6.45) is 4.26. The first-order valence-corrected chi connectivity index (χ1v) is 8.44. The Morgan fingerprint density at radius 1 is 1.38 bits per heavy atom. The van der Waals surface area contributed by atoms with Gasteiger partial charge in [0.1, 0.15) is 5.82 Å². The minimum atomic E-state index is -0.488. The molecule has 1 aliphatic rings. The lowest BCUT2D eigenvalue weighted by Gasteiger charge is -2.48. The Balaban J connectivity index is 2.19. The quantitative estimate of drug-likeness (QED) is 0.879. The lowest BCUT2D eigenvalue weighted by atomic mass is 9.72. The number of hydrogen-bond acceptors (Lipinski definition) is 2. The maximum atomic E-state index is 13.4.